The predicted molar refractivity (Wildman–Crippen MR) is 143 cm³/mol. The Hall–Kier alpha value is -1.42. The van der Waals surface area contributed by atoms with Gasteiger partial charge in [0.15, 0.2) is 0 Å². The van der Waals surface area contributed by atoms with Gasteiger partial charge in [0.1, 0.15) is 12.1 Å². The van der Waals surface area contributed by atoms with Crippen LogP contribution in [0.5, 0.6) is 0 Å². The fraction of sp³-hybridized carbons (Fsp3) is 0.833. The summed E-state index contributed by atoms with van der Waals surface area (Å²) in [5.74, 6) is -0.327. The molecule has 198 valence electrons. The van der Waals surface area contributed by atoms with Crippen LogP contribution in [0.25, 0.3) is 0 Å². The van der Waals surface area contributed by atoms with Crippen molar-refractivity contribution >= 4 is 45.2 Å². The van der Waals surface area contributed by atoms with Gasteiger partial charge in [-0.3, -0.25) is 19.2 Å². The highest BCUT2D eigenvalue weighted by Gasteiger charge is 2.31. The maximum atomic E-state index is 12.8. The van der Waals surface area contributed by atoms with E-state index < -0.39 is 34.0 Å². The molecule has 2 atom stereocenters. The Bertz CT molecular complexity index is 667. The van der Waals surface area contributed by atoms with E-state index >= 15 is 0 Å². The highest BCUT2D eigenvalue weighted by molar-refractivity contribution is 8.76. The van der Waals surface area contributed by atoms with E-state index in [1.807, 2.05) is 41.5 Å². The maximum Gasteiger partial charge on any atom is 0.243 e. The van der Waals surface area contributed by atoms with E-state index in [0.717, 1.165) is 0 Å². The molecule has 0 radical (unpaired) electrons. The third-order valence-corrected chi connectivity index (χ3v) is 6.58. The van der Waals surface area contributed by atoms with E-state index in [0.29, 0.717) is 11.5 Å². The van der Waals surface area contributed by atoms with E-state index in [-0.39, 0.29) is 23.6 Å². The number of carbonyl (C=O) groups excluding carboxylic acids is 4. The monoisotopic (exact) mass is 518 g/mol. The summed E-state index contributed by atoms with van der Waals surface area (Å²) in [5, 5.41) is 11.5. The summed E-state index contributed by atoms with van der Waals surface area (Å²) in [6, 6.07) is -1.45. The van der Waals surface area contributed by atoms with Crippen LogP contribution >= 0.6 is 21.6 Å². The van der Waals surface area contributed by atoms with Gasteiger partial charge in [0, 0.05) is 33.4 Å². The van der Waals surface area contributed by atoms with Crippen molar-refractivity contribution in [2.45, 2.75) is 106 Å². The van der Waals surface area contributed by atoms with Crippen molar-refractivity contribution in [3.63, 3.8) is 0 Å². The Labute approximate surface area is 214 Å². The number of hydrogen-bond acceptors (Lipinski definition) is 6. The first kappa shape index (κ1) is 32.6. The quantitative estimate of drug-likeness (QED) is 0.275. The summed E-state index contributed by atoms with van der Waals surface area (Å²) in [6.45, 7) is 22.0. The summed E-state index contributed by atoms with van der Waals surface area (Å²) < 4.78 is 0. The highest BCUT2D eigenvalue weighted by Crippen LogP contribution is 2.25. The Balaban J connectivity index is 5.29. The molecule has 0 spiro atoms. The average Bonchev–Trinajstić information content (AvgIpc) is 2.57. The molecule has 0 bridgehead atoms. The van der Waals surface area contributed by atoms with Crippen molar-refractivity contribution in [2.75, 3.05) is 11.5 Å². The summed E-state index contributed by atoms with van der Waals surface area (Å²) in [7, 11) is 2.75. The minimum Gasteiger partial charge on any atom is -0.350 e. The molecule has 0 rings (SSSR count). The largest absolute Gasteiger partial charge is 0.350 e. The molecule has 0 aliphatic carbocycles. The molecular weight excluding hydrogens is 472 g/mol. The third-order valence-electron chi connectivity index (χ3n) is 4.16. The van der Waals surface area contributed by atoms with E-state index in [1.54, 1.807) is 41.5 Å². The van der Waals surface area contributed by atoms with Gasteiger partial charge in [-0.15, -0.1) is 0 Å². The standard InChI is InChI=1S/C24H46N4O4S2/c1-21(2,3)19(31)25-15(17(29)27-23(7,8)9)13-33-34-14-16(18(30)28-24(10,11)12)26-20(32)22(4,5)6/h15-16H,13-14H2,1-12H3,(H,25,31)(H,26,32)(H,27,29)(H,28,30). The van der Waals surface area contributed by atoms with Crippen LogP contribution in [0, 0.1) is 10.8 Å². The Morgan fingerprint density at radius 1 is 0.559 bits per heavy atom. The van der Waals surface area contributed by atoms with Crippen LogP contribution in [-0.2, 0) is 19.2 Å². The van der Waals surface area contributed by atoms with Crippen LogP contribution < -0.4 is 21.3 Å². The van der Waals surface area contributed by atoms with E-state index in [4.69, 9.17) is 0 Å². The van der Waals surface area contributed by atoms with Gasteiger partial charge in [0.05, 0.1) is 0 Å². The topological polar surface area (TPSA) is 116 Å². The van der Waals surface area contributed by atoms with Gasteiger partial charge in [0.2, 0.25) is 23.6 Å². The van der Waals surface area contributed by atoms with Crippen LogP contribution in [0.1, 0.15) is 83.1 Å². The lowest BCUT2D eigenvalue weighted by Crippen LogP contribution is -2.55. The molecule has 0 aromatic heterocycles. The van der Waals surface area contributed by atoms with Gasteiger partial charge >= 0.3 is 0 Å². The zero-order valence-electron chi connectivity index (χ0n) is 23.0. The minimum atomic E-state index is -0.727. The van der Waals surface area contributed by atoms with Gasteiger partial charge < -0.3 is 21.3 Å². The SMILES string of the molecule is CC(C)(C)NC(=O)C(CSSCC(NC(=O)C(C)(C)C)C(=O)NC(C)(C)C)NC(=O)C(C)(C)C. The molecule has 4 N–H and O–H groups in total. The second-order valence-corrected chi connectivity index (χ2v) is 15.2. The van der Waals surface area contributed by atoms with Crippen LogP contribution in [0.3, 0.4) is 0 Å². The first-order valence-corrected chi connectivity index (χ1v) is 14.0. The van der Waals surface area contributed by atoms with Crippen LogP contribution in [0.4, 0.5) is 0 Å². The number of rotatable bonds is 9. The molecule has 0 aromatic carbocycles. The zero-order valence-corrected chi connectivity index (χ0v) is 24.7. The van der Waals surface area contributed by atoms with Crippen molar-refractivity contribution in [3.8, 4) is 0 Å². The first-order chi connectivity index (χ1) is 15.0. The normalized spacial score (nSPS) is 14.6. The van der Waals surface area contributed by atoms with E-state index in [1.165, 1.54) is 21.6 Å². The van der Waals surface area contributed by atoms with Gasteiger partial charge in [-0.2, -0.15) is 0 Å². The second kappa shape index (κ2) is 12.5. The van der Waals surface area contributed by atoms with Crippen molar-refractivity contribution in [1.29, 1.82) is 0 Å². The van der Waals surface area contributed by atoms with E-state index in [2.05, 4.69) is 21.3 Å². The molecule has 10 heteroatoms. The molecular formula is C24H46N4O4S2. The number of nitrogens with one attached hydrogen (secondary N) is 4. The molecule has 0 aromatic rings. The zero-order chi connectivity index (χ0) is 27.1. The lowest BCUT2D eigenvalue weighted by Gasteiger charge is -2.28. The fourth-order valence-corrected chi connectivity index (χ4v) is 4.59. The Kier molecular flexibility index (Phi) is 12.0. The van der Waals surface area contributed by atoms with Crippen LogP contribution in [0.2, 0.25) is 0 Å². The number of amides is 4. The Morgan fingerprint density at radius 3 is 1.03 bits per heavy atom. The van der Waals surface area contributed by atoms with Gasteiger partial charge in [-0.1, -0.05) is 63.1 Å². The average molecular weight is 519 g/mol. The molecule has 34 heavy (non-hydrogen) atoms. The molecule has 0 saturated carbocycles. The predicted octanol–water partition coefficient (Wildman–Crippen LogP) is 3.26. The van der Waals surface area contributed by atoms with Gasteiger partial charge in [-0.25, -0.2) is 0 Å². The smallest absolute Gasteiger partial charge is 0.243 e. The van der Waals surface area contributed by atoms with Crippen molar-refractivity contribution < 1.29 is 19.2 Å². The van der Waals surface area contributed by atoms with Crippen molar-refractivity contribution in [2.24, 2.45) is 10.8 Å². The van der Waals surface area contributed by atoms with E-state index in [9.17, 15) is 19.2 Å². The van der Waals surface area contributed by atoms with Gasteiger partial charge in [0.25, 0.3) is 0 Å². The molecule has 0 fully saturated rings. The molecule has 0 aliphatic rings. The van der Waals surface area contributed by atoms with Gasteiger partial charge in [-0.05, 0) is 41.5 Å². The summed E-state index contributed by atoms with van der Waals surface area (Å²) in [4.78, 5) is 50.6. The van der Waals surface area contributed by atoms with Crippen LogP contribution in [-0.4, -0.2) is 58.3 Å². The maximum absolute atomic E-state index is 12.8. The minimum absolute atomic E-state index is 0.216. The van der Waals surface area contributed by atoms with Crippen molar-refractivity contribution in [1.82, 2.24) is 21.3 Å². The molecule has 2 unspecified atom stereocenters. The summed E-state index contributed by atoms with van der Waals surface area (Å²) in [5.41, 5.74) is -2.14. The molecule has 0 heterocycles. The lowest BCUT2D eigenvalue weighted by molar-refractivity contribution is -0.133. The fourth-order valence-electron chi connectivity index (χ4n) is 2.26. The first-order valence-electron chi connectivity index (χ1n) is 11.5. The lowest BCUT2D eigenvalue weighted by atomic mass is 9.95. The third kappa shape index (κ3) is 14.1. The number of carbonyl (C=O) groups is 4. The molecule has 8 nitrogen and oxygen atoms in total. The van der Waals surface area contributed by atoms with Crippen molar-refractivity contribution in [3.05, 3.63) is 0 Å². The summed E-state index contributed by atoms with van der Waals surface area (Å²) >= 11 is 0. The number of hydrogen-bond donors (Lipinski definition) is 4. The Morgan fingerprint density at radius 2 is 0.824 bits per heavy atom. The highest BCUT2D eigenvalue weighted by atomic mass is 33.1. The van der Waals surface area contributed by atoms with Crippen LogP contribution in [0.15, 0.2) is 0 Å². The second-order valence-electron chi connectivity index (χ2n) is 12.6. The molecule has 0 aliphatic heterocycles. The molecule has 0 saturated heterocycles. The molecule has 4 amide bonds. The summed E-state index contributed by atoms with van der Waals surface area (Å²) in [6.07, 6.45) is 0.